The van der Waals surface area contributed by atoms with E-state index in [2.05, 4.69) is 21.2 Å². The Labute approximate surface area is 146 Å². The third-order valence-electron chi connectivity index (χ3n) is 3.35. The van der Waals surface area contributed by atoms with Gasteiger partial charge in [0.2, 0.25) is 6.79 Å². The summed E-state index contributed by atoms with van der Waals surface area (Å²) in [5, 5.41) is 2.69. The fraction of sp³-hybridized carbons (Fsp3) is 0.176. The van der Waals surface area contributed by atoms with E-state index in [1.807, 2.05) is 6.07 Å². The van der Waals surface area contributed by atoms with Crippen molar-refractivity contribution in [3.05, 3.63) is 58.1 Å². The molecule has 2 aromatic carbocycles. The average molecular weight is 392 g/mol. The number of hydrogen-bond donors (Lipinski definition) is 1. The largest absolute Gasteiger partial charge is 0.454 e. The summed E-state index contributed by atoms with van der Waals surface area (Å²) in [6, 6.07) is 12.3. The number of amides is 1. The van der Waals surface area contributed by atoms with Crippen LogP contribution in [0, 0.1) is 0 Å². The molecule has 1 aliphatic heterocycles. The monoisotopic (exact) mass is 391 g/mol. The van der Waals surface area contributed by atoms with Crippen LogP contribution in [0.2, 0.25) is 0 Å². The number of carbonyl (C=O) groups is 2. The summed E-state index contributed by atoms with van der Waals surface area (Å²) >= 11 is 3.27. The molecule has 124 valence electrons. The number of halogens is 1. The number of benzene rings is 2. The molecule has 0 fully saturated rings. The molecule has 1 amide bonds. The Morgan fingerprint density at radius 3 is 2.75 bits per heavy atom. The van der Waals surface area contributed by atoms with Crippen molar-refractivity contribution < 1.29 is 23.8 Å². The topological polar surface area (TPSA) is 73.9 Å². The van der Waals surface area contributed by atoms with E-state index in [1.165, 1.54) is 0 Å². The zero-order valence-corrected chi connectivity index (χ0v) is 14.2. The Morgan fingerprint density at radius 2 is 1.92 bits per heavy atom. The summed E-state index contributed by atoms with van der Waals surface area (Å²) in [7, 11) is 0. The van der Waals surface area contributed by atoms with Gasteiger partial charge in [0.15, 0.2) is 18.1 Å². The molecule has 0 saturated carbocycles. The number of fused-ring (bicyclic) bond motifs is 1. The molecule has 0 spiro atoms. The van der Waals surface area contributed by atoms with Gasteiger partial charge in [-0.2, -0.15) is 0 Å². The van der Waals surface area contributed by atoms with E-state index in [9.17, 15) is 9.59 Å². The van der Waals surface area contributed by atoms with Crippen molar-refractivity contribution >= 4 is 27.8 Å². The lowest BCUT2D eigenvalue weighted by molar-refractivity contribution is -0.124. The number of carbonyl (C=O) groups excluding carboxylic acids is 2. The number of ether oxygens (including phenoxy) is 3. The van der Waals surface area contributed by atoms with Crippen molar-refractivity contribution in [2.75, 3.05) is 13.4 Å². The summed E-state index contributed by atoms with van der Waals surface area (Å²) in [4.78, 5) is 23.7. The Balaban J connectivity index is 1.48. The third-order valence-corrected chi connectivity index (χ3v) is 4.05. The Bertz CT molecular complexity index is 777. The summed E-state index contributed by atoms with van der Waals surface area (Å²) in [6.45, 7) is 0.170. The number of hydrogen-bond acceptors (Lipinski definition) is 5. The molecule has 3 rings (SSSR count). The third kappa shape index (κ3) is 3.86. The molecule has 1 aliphatic rings. The fourth-order valence-electron chi connectivity index (χ4n) is 2.14. The molecular formula is C17H14BrNO5. The average Bonchev–Trinajstić information content (AvgIpc) is 3.06. The maximum atomic E-state index is 11.9. The highest BCUT2D eigenvalue weighted by atomic mass is 79.9. The van der Waals surface area contributed by atoms with E-state index in [4.69, 9.17) is 14.2 Å². The van der Waals surface area contributed by atoms with Crippen LogP contribution in [0.1, 0.15) is 15.9 Å². The molecule has 1 N–H and O–H groups in total. The van der Waals surface area contributed by atoms with Crippen LogP contribution in [-0.4, -0.2) is 25.3 Å². The summed E-state index contributed by atoms with van der Waals surface area (Å²) in [6.07, 6.45) is 0. The predicted octanol–water partition coefficient (Wildman–Crippen LogP) is 2.65. The highest BCUT2D eigenvalue weighted by Crippen LogP contribution is 2.32. The molecule has 0 atom stereocenters. The molecule has 0 bridgehead atoms. The number of nitrogens with one attached hydrogen (secondary N) is 1. The molecule has 2 aromatic rings. The highest BCUT2D eigenvalue weighted by Gasteiger charge is 2.15. The molecule has 0 saturated heterocycles. The van der Waals surface area contributed by atoms with Gasteiger partial charge in [0.25, 0.3) is 5.91 Å². The predicted molar refractivity (Wildman–Crippen MR) is 88.8 cm³/mol. The van der Waals surface area contributed by atoms with Crippen LogP contribution >= 0.6 is 15.9 Å². The lowest BCUT2D eigenvalue weighted by atomic mass is 10.2. The van der Waals surface area contributed by atoms with Crippen LogP contribution in [0.15, 0.2) is 46.9 Å². The first-order chi connectivity index (χ1) is 11.6. The highest BCUT2D eigenvalue weighted by molar-refractivity contribution is 9.10. The van der Waals surface area contributed by atoms with Crippen LogP contribution in [0.4, 0.5) is 0 Å². The second-order valence-corrected chi connectivity index (χ2v) is 5.87. The Morgan fingerprint density at radius 1 is 1.12 bits per heavy atom. The van der Waals surface area contributed by atoms with Crippen LogP contribution in [0.3, 0.4) is 0 Å². The first-order valence-corrected chi connectivity index (χ1v) is 7.99. The molecule has 7 heteroatoms. The van der Waals surface area contributed by atoms with Gasteiger partial charge in [0.1, 0.15) is 0 Å². The van der Waals surface area contributed by atoms with Crippen LogP contribution in [-0.2, 0) is 16.1 Å². The van der Waals surface area contributed by atoms with E-state index in [-0.39, 0.29) is 19.3 Å². The van der Waals surface area contributed by atoms with Crippen LogP contribution in [0.25, 0.3) is 0 Å². The first kappa shape index (κ1) is 16.3. The fourth-order valence-corrected chi connectivity index (χ4v) is 2.58. The molecule has 0 aliphatic carbocycles. The zero-order valence-electron chi connectivity index (χ0n) is 12.6. The van der Waals surface area contributed by atoms with Gasteiger partial charge in [-0.3, -0.25) is 4.79 Å². The summed E-state index contributed by atoms with van der Waals surface area (Å²) in [5.41, 5.74) is 1.24. The normalized spacial score (nSPS) is 11.9. The summed E-state index contributed by atoms with van der Waals surface area (Å²) in [5.74, 6) is 0.406. The van der Waals surface area contributed by atoms with Crippen molar-refractivity contribution in [1.29, 1.82) is 0 Å². The molecule has 0 unspecified atom stereocenters. The van der Waals surface area contributed by atoms with E-state index < -0.39 is 5.97 Å². The van der Waals surface area contributed by atoms with Gasteiger partial charge in [-0.15, -0.1) is 0 Å². The van der Waals surface area contributed by atoms with Gasteiger partial charge in [0, 0.05) is 11.0 Å². The Kier molecular flexibility index (Phi) is 5.00. The van der Waals surface area contributed by atoms with E-state index in [0.29, 0.717) is 28.1 Å². The standard InChI is InChI=1S/C17H14BrNO5/c18-13-4-2-1-3-12(13)17(21)22-9-16(20)19-8-11-5-6-14-15(7-11)24-10-23-14/h1-7H,8-10H2,(H,19,20). The molecule has 0 radical (unpaired) electrons. The minimum atomic E-state index is -0.555. The van der Waals surface area contributed by atoms with E-state index in [1.54, 1.807) is 36.4 Å². The molecular weight excluding hydrogens is 378 g/mol. The van der Waals surface area contributed by atoms with Crippen molar-refractivity contribution in [2.45, 2.75) is 6.54 Å². The Hall–Kier alpha value is -2.54. The van der Waals surface area contributed by atoms with Gasteiger partial charge in [-0.25, -0.2) is 4.79 Å². The van der Waals surface area contributed by atoms with Crippen molar-refractivity contribution in [3.8, 4) is 11.5 Å². The van der Waals surface area contributed by atoms with Crippen molar-refractivity contribution in [2.24, 2.45) is 0 Å². The van der Waals surface area contributed by atoms with Crippen molar-refractivity contribution in [1.82, 2.24) is 5.32 Å². The van der Waals surface area contributed by atoms with Crippen LogP contribution < -0.4 is 14.8 Å². The SMILES string of the molecule is O=C(COC(=O)c1ccccc1Br)NCc1ccc2c(c1)OCO2. The second-order valence-electron chi connectivity index (χ2n) is 5.02. The first-order valence-electron chi connectivity index (χ1n) is 7.20. The molecule has 24 heavy (non-hydrogen) atoms. The van der Waals surface area contributed by atoms with Crippen LogP contribution in [0.5, 0.6) is 11.5 Å². The van der Waals surface area contributed by atoms with E-state index in [0.717, 1.165) is 5.56 Å². The molecule has 1 heterocycles. The van der Waals surface area contributed by atoms with Gasteiger partial charge < -0.3 is 19.5 Å². The van der Waals surface area contributed by atoms with E-state index >= 15 is 0 Å². The number of rotatable bonds is 5. The second kappa shape index (κ2) is 7.35. The van der Waals surface area contributed by atoms with Gasteiger partial charge in [-0.05, 0) is 45.8 Å². The lowest BCUT2D eigenvalue weighted by Gasteiger charge is -2.08. The molecule has 0 aromatic heterocycles. The van der Waals surface area contributed by atoms with Crippen molar-refractivity contribution in [3.63, 3.8) is 0 Å². The minimum Gasteiger partial charge on any atom is -0.454 e. The number of esters is 1. The summed E-state index contributed by atoms with van der Waals surface area (Å²) < 4.78 is 16.1. The smallest absolute Gasteiger partial charge is 0.339 e. The lowest BCUT2D eigenvalue weighted by Crippen LogP contribution is -2.28. The van der Waals surface area contributed by atoms with Gasteiger partial charge >= 0.3 is 5.97 Å². The maximum Gasteiger partial charge on any atom is 0.339 e. The molecule has 6 nitrogen and oxygen atoms in total. The maximum absolute atomic E-state index is 11.9. The zero-order chi connectivity index (χ0) is 16.9. The van der Waals surface area contributed by atoms with Gasteiger partial charge in [0.05, 0.1) is 5.56 Å². The quantitative estimate of drug-likeness (QED) is 0.793. The minimum absolute atomic E-state index is 0.205. The van der Waals surface area contributed by atoms with Gasteiger partial charge in [-0.1, -0.05) is 18.2 Å².